The predicted octanol–water partition coefficient (Wildman–Crippen LogP) is 3.86. The molecule has 2 fully saturated rings. The molecule has 35 heavy (non-hydrogen) atoms. The second kappa shape index (κ2) is 11.6. The number of aromatic amines is 2. The van der Waals surface area contributed by atoms with Gasteiger partial charge in [-0.15, -0.1) is 0 Å². The van der Waals surface area contributed by atoms with Crippen molar-refractivity contribution in [2.24, 2.45) is 0 Å². The Hall–Kier alpha value is -2.97. The minimum Gasteiger partial charge on any atom is -0.347 e. The number of hydrogen-bond acceptors (Lipinski definition) is 5. The fraction of sp³-hybridized carbons (Fsp3) is 0.519. The zero-order valence-electron chi connectivity index (χ0n) is 20.5. The van der Waals surface area contributed by atoms with E-state index in [4.69, 9.17) is 0 Å². The highest BCUT2D eigenvalue weighted by Gasteiger charge is 2.26. The van der Waals surface area contributed by atoms with E-state index in [9.17, 15) is 4.79 Å². The Balaban J connectivity index is 1.13. The molecule has 1 aliphatic carbocycles. The summed E-state index contributed by atoms with van der Waals surface area (Å²) in [5.41, 5.74) is 1.89. The second-order valence-electron chi connectivity index (χ2n) is 9.91. The summed E-state index contributed by atoms with van der Waals surface area (Å²) < 4.78 is 0. The van der Waals surface area contributed by atoms with Gasteiger partial charge in [0.25, 0.3) is 5.91 Å². The van der Waals surface area contributed by atoms with Crippen LogP contribution in [0.15, 0.2) is 49.1 Å². The van der Waals surface area contributed by atoms with Gasteiger partial charge in [0.2, 0.25) is 0 Å². The highest BCUT2D eigenvalue weighted by molar-refractivity contribution is 5.94. The number of nitrogens with one attached hydrogen (secondary N) is 3. The minimum atomic E-state index is -0.0339. The van der Waals surface area contributed by atoms with E-state index in [1.807, 2.05) is 12.1 Å². The highest BCUT2D eigenvalue weighted by Crippen LogP contribution is 2.26. The normalized spacial score (nSPS) is 21.1. The first-order valence-corrected chi connectivity index (χ1v) is 13.1. The quantitative estimate of drug-likeness (QED) is 0.437. The van der Waals surface area contributed by atoms with Crippen molar-refractivity contribution >= 4 is 5.91 Å². The molecule has 0 bridgehead atoms. The van der Waals surface area contributed by atoms with Crippen LogP contribution in [0.5, 0.6) is 0 Å². The summed E-state index contributed by atoms with van der Waals surface area (Å²) in [6.07, 6.45) is 16.2. The molecule has 1 aromatic carbocycles. The Morgan fingerprint density at radius 3 is 2.11 bits per heavy atom. The molecule has 0 radical (unpaired) electrons. The summed E-state index contributed by atoms with van der Waals surface area (Å²) in [5.74, 6) is 1.47. The summed E-state index contributed by atoms with van der Waals surface area (Å²) >= 11 is 0. The molecule has 2 aromatic heterocycles. The van der Waals surface area contributed by atoms with Gasteiger partial charge < -0.3 is 25.1 Å². The van der Waals surface area contributed by atoms with Crippen LogP contribution in [-0.4, -0.2) is 60.8 Å². The number of piperidine rings is 1. The maximum absolute atomic E-state index is 13.3. The maximum atomic E-state index is 13.3. The lowest BCUT2D eigenvalue weighted by molar-refractivity contribution is 0.0721. The Morgan fingerprint density at radius 1 is 0.914 bits per heavy atom. The second-order valence-corrected chi connectivity index (χ2v) is 9.91. The molecule has 8 nitrogen and oxygen atoms in total. The molecule has 3 aromatic rings. The van der Waals surface area contributed by atoms with Gasteiger partial charge >= 0.3 is 0 Å². The smallest absolute Gasteiger partial charge is 0.254 e. The van der Waals surface area contributed by atoms with Crippen LogP contribution in [0.3, 0.4) is 0 Å². The van der Waals surface area contributed by atoms with Crippen molar-refractivity contribution in [3.05, 3.63) is 71.8 Å². The molecule has 1 saturated heterocycles. The van der Waals surface area contributed by atoms with E-state index < -0.39 is 0 Å². The van der Waals surface area contributed by atoms with Crippen molar-refractivity contribution in [1.82, 2.24) is 35.1 Å². The number of rotatable bonds is 9. The van der Waals surface area contributed by atoms with Crippen molar-refractivity contribution in [3.63, 3.8) is 0 Å². The summed E-state index contributed by atoms with van der Waals surface area (Å²) in [6.45, 7) is 4.24. The van der Waals surface area contributed by atoms with Crippen LogP contribution in [0.25, 0.3) is 0 Å². The number of imidazole rings is 2. The van der Waals surface area contributed by atoms with Crippen LogP contribution in [0.4, 0.5) is 0 Å². The molecule has 0 spiro atoms. The van der Waals surface area contributed by atoms with Gasteiger partial charge in [0.05, 0.1) is 13.1 Å². The Morgan fingerprint density at radius 2 is 1.54 bits per heavy atom. The average Bonchev–Trinajstić information content (AvgIpc) is 3.63. The Labute approximate surface area is 207 Å². The predicted molar refractivity (Wildman–Crippen MR) is 136 cm³/mol. The van der Waals surface area contributed by atoms with Crippen molar-refractivity contribution in [3.8, 4) is 0 Å². The largest absolute Gasteiger partial charge is 0.347 e. The van der Waals surface area contributed by atoms with Crippen molar-refractivity contribution in [2.45, 2.75) is 76.7 Å². The fourth-order valence-electron chi connectivity index (χ4n) is 5.47. The lowest BCUT2D eigenvalue weighted by Gasteiger charge is -2.39. The highest BCUT2D eigenvalue weighted by atomic mass is 16.2. The molecule has 0 atom stereocenters. The summed E-state index contributed by atoms with van der Waals surface area (Å²) in [6, 6.07) is 9.39. The van der Waals surface area contributed by atoms with Crippen LogP contribution in [0.1, 0.15) is 72.5 Å². The number of hydrogen-bond donors (Lipinski definition) is 3. The Kier molecular flexibility index (Phi) is 7.90. The molecule has 2 aliphatic rings. The molecule has 1 aliphatic heterocycles. The first-order chi connectivity index (χ1) is 17.2. The van der Waals surface area contributed by atoms with E-state index in [1.165, 1.54) is 63.6 Å². The van der Waals surface area contributed by atoms with Crippen LogP contribution in [0, 0.1) is 0 Å². The van der Waals surface area contributed by atoms with Crippen molar-refractivity contribution in [1.29, 1.82) is 0 Å². The van der Waals surface area contributed by atoms with Crippen LogP contribution in [0.2, 0.25) is 0 Å². The lowest BCUT2D eigenvalue weighted by atomic mass is 9.89. The molecule has 0 unspecified atom stereocenters. The van der Waals surface area contributed by atoms with Gasteiger partial charge in [0.1, 0.15) is 11.6 Å². The maximum Gasteiger partial charge on any atom is 0.254 e. The molecule has 8 heteroatoms. The van der Waals surface area contributed by atoms with E-state index >= 15 is 0 Å². The van der Waals surface area contributed by atoms with E-state index in [2.05, 4.69) is 42.3 Å². The summed E-state index contributed by atoms with van der Waals surface area (Å²) in [5, 5.41) is 3.75. The van der Waals surface area contributed by atoms with Crippen molar-refractivity contribution < 1.29 is 4.79 Å². The number of amides is 1. The number of aromatic nitrogens is 4. The number of benzene rings is 1. The van der Waals surface area contributed by atoms with E-state index in [0.717, 1.165) is 24.2 Å². The molecule has 1 amide bonds. The van der Waals surface area contributed by atoms with Crippen LogP contribution in [-0.2, 0) is 19.6 Å². The number of nitrogens with zero attached hydrogens (tertiary/aromatic N) is 4. The van der Waals surface area contributed by atoms with Gasteiger partial charge in [0, 0.05) is 49.0 Å². The number of carbonyl (C=O) groups excluding carboxylic acids is 1. The third-order valence-electron chi connectivity index (χ3n) is 7.48. The van der Waals surface area contributed by atoms with Gasteiger partial charge in [-0.25, -0.2) is 9.97 Å². The monoisotopic (exact) mass is 475 g/mol. The molecular formula is C27H37N7O. The molecule has 3 heterocycles. The number of likely N-dealkylation sites (tertiary alicyclic amines) is 1. The van der Waals surface area contributed by atoms with Crippen LogP contribution >= 0.6 is 0 Å². The number of H-pyrrole nitrogens is 2. The SMILES string of the molecule is O=C(c1ccc(CNC2CCC(N3CCCCC3)CC2)cc1)N(Cc1ncc[nH]1)Cc1ncc[nH]1. The van der Waals surface area contributed by atoms with Gasteiger partial charge in [-0.1, -0.05) is 18.6 Å². The van der Waals surface area contributed by atoms with E-state index in [-0.39, 0.29) is 5.91 Å². The molecule has 5 rings (SSSR count). The fourth-order valence-corrected chi connectivity index (χ4v) is 5.47. The summed E-state index contributed by atoms with van der Waals surface area (Å²) in [4.78, 5) is 32.5. The van der Waals surface area contributed by atoms with Gasteiger partial charge in [-0.2, -0.15) is 0 Å². The standard InChI is InChI=1S/C27H37N7O/c35-27(34(19-25-28-12-13-29-25)20-26-30-14-15-31-26)22-6-4-21(5-7-22)18-32-23-8-10-24(11-9-23)33-16-2-1-3-17-33/h4-7,12-15,23-24,32H,1-3,8-11,16-20H2,(H,28,29)(H,30,31). The van der Waals surface area contributed by atoms with Gasteiger partial charge in [0.15, 0.2) is 0 Å². The van der Waals surface area contributed by atoms with Crippen LogP contribution < -0.4 is 5.32 Å². The zero-order chi connectivity index (χ0) is 23.9. The van der Waals surface area contributed by atoms with Gasteiger partial charge in [-0.3, -0.25) is 4.79 Å². The molecular weight excluding hydrogens is 438 g/mol. The molecule has 1 saturated carbocycles. The Bertz CT molecular complexity index is 982. The third-order valence-corrected chi connectivity index (χ3v) is 7.48. The third kappa shape index (κ3) is 6.38. The average molecular weight is 476 g/mol. The van der Waals surface area contributed by atoms with Gasteiger partial charge in [-0.05, 0) is 69.3 Å². The topological polar surface area (TPSA) is 92.9 Å². The zero-order valence-corrected chi connectivity index (χ0v) is 20.5. The first kappa shape index (κ1) is 23.8. The minimum absolute atomic E-state index is 0.0339. The van der Waals surface area contributed by atoms with E-state index in [1.54, 1.807) is 29.7 Å². The number of carbonyl (C=O) groups is 1. The molecule has 186 valence electrons. The van der Waals surface area contributed by atoms with Crippen molar-refractivity contribution in [2.75, 3.05) is 13.1 Å². The summed E-state index contributed by atoms with van der Waals surface area (Å²) in [7, 11) is 0. The molecule has 3 N–H and O–H groups in total. The first-order valence-electron chi connectivity index (χ1n) is 13.1. The lowest BCUT2D eigenvalue weighted by Crippen LogP contribution is -2.44. The van der Waals surface area contributed by atoms with E-state index in [0.29, 0.717) is 24.7 Å².